The van der Waals surface area contributed by atoms with Crippen LogP contribution in [0.4, 0.5) is 0 Å². The minimum Gasteiger partial charge on any atom is -0.497 e. The number of methoxy groups -OCH3 is 1. The van der Waals surface area contributed by atoms with Gasteiger partial charge in [-0.1, -0.05) is 11.6 Å². The van der Waals surface area contributed by atoms with Crippen LogP contribution in [-0.4, -0.2) is 24.3 Å². The molecule has 0 unspecified atom stereocenters. The minimum atomic E-state index is -1.10. The van der Waals surface area contributed by atoms with Crippen LogP contribution in [0, 0.1) is 0 Å². The summed E-state index contributed by atoms with van der Waals surface area (Å²) in [4.78, 5) is 11.0. The highest BCUT2D eigenvalue weighted by atomic mass is 35.5. The van der Waals surface area contributed by atoms with E-state index in [1.54, 1.807) is 13.8 Å². The van der Waals surface area contributed by atoms with Gasteiger partial charge in [-0.3, -0.25) is 0 Å². The molecule has 0 aromatic heterocycles. The van der Waals surface area contributed by atoms with Crippen molar-refractivity contribution in [3.63, 3.8) is 0 Å². The summed E-state index contributed by atoms with van der Waals surface area (Å²) >= 11 is 5.93. The van der Waals surface area contributed by atoms with Crippen LogP contribution >= 0.6 is 11.6 Å². The van der Waals surface area contributed by atoms with Crippen LogP contribution in [0.25, 0.3) is 0 Å². The van der Waals surface area contributed by atoms with Crippen molar-refractivity contribution in [3.05, 3.63) is 22.7 Å². The van der Waals surface area contributed by atoms with Gasteiger partial charge < -0.3 is 14.6 Å². The van der Waals surface area contributed by atoms with Crippen LogP contribution in [0.2, 0.25) is 5.02 Å². The van der Waals surface area contributed by atoms with Gasteiger partial charge in [-0.05, 0) is 19.9 Å². The van der Waals surface area contributed by atoms with E-state index in [-0.39, 0.29) is 22.4 Å². The van der Waals surface area contributed by atoms with Crippen molar-refractivity contribution in [2.75, 3.05) is 7.11 Å². The van der Waals surface area contributed by atoms with Gasteiger partial charge in [0.15, 0.2) is 5.75 Å². The summed E-state index contributed by atoms with van der Waals surface area (Å²) in [6.45, 7) is 3.60. The molecular weight excluding hydrogens is 232 g/mol. The number of hydrogen-bond acceptors (Lipinski definition) is 3. The Kier molecular flexibility index (Phi) is 4.01. The molecule has 5 heteroatoms. The number of ether oxygens (including phenoxy) is 2. The van der Waals surface area contributed by atoms with E-state index in [4.69, 9.17) is 26.2 Å². The molecule has 0 saturated carbocycles. The van der Waals surface area contributed by atoms with Crippen LogP contribution in [0.1, 0.15) is 24.2 Å². The third-order valence-electron chi connectivity index (χ3n) is 1.84. The molecule has 1 N–H and O–H groups in total. The molecule has 1 rings (SSSR count). The van der Waals surface area contributed by atoms with Crippen molar-refractivity contribution in [2.45, 2.75) is 20.0 Å². The largest absolute Gasteiger partial charge is 0.497 e. The number of carboxylic acid groups (broad SMARTS) is 1. The van der Waals surface area contributed by atoms with Gasteiger partial charge in [-0.2, -0.15) is 0 Å². The average Bonchev–Trinajstić information content (AvgIpc) is 2.19. The number of benzene rings is 1. The second kappa shape index (κ2) is 5.07. The summed E-state index contributed by atoms with van der Waals surface area (Å²) in [5.74, 6) is -0.542. The molecule has 1 aromatic carbocycles. The van der Waals surface area contributed by atoms with Crippen molar-refractivity contribution in [1.82, 2.24) is 0 Å². The standard InChI is InChI=1S/C11H13ClO4/c1-6(2)16-10-8(11(13)14)4-7(15-3)5-9(10)12/h4-6H,1-3H3,(H,13,14). The van der Waals surface area contributed by atoms with Gasteiger partial charge in [0.25, 0.3) is 0 Å². The van der Waals surface area contributed by atoms with Gasteiger partial charge in [0.2, 0.25) is 0 Å². The molecule has 0 bridgehead atoms. The normalized spacial score (nSPS) is 10.3. The van der Waals surface area contributed by atoms with E-state index in [1.165, 1.54) is 19.2 Å². The first kappa shape index (κ1) is 12.6. The number of carbonyl (C=O) groups is 1. The second-order valence-electron chi connectivity index (χ2n) is 3.46. The van der Waals surface area contributed by atoms with Crippen LogP contribution in [0.3, 0.4) is 0 Å². The Labute approximate surface area is 98.7 Å². The van der Waals surface area contributed by atoms with Gasteiger partial charge in [-0.25, -0.2) is 4.79 Å². The Bertz CT molecular complexity index is 401. The SMILES string of the molecule is COc1cc(Cl)c(OC(C)C)c(C(=O)O)c1. The van der Waals surface area contributed by atoms with E-state index in [2.05, 4.69) is 0 Å². The molecule has 0 radical (unpaired) electrons. The van der Waals surface area contributed by atoms with Crippen molar-refractivity contribution in [1.29, 1.82) is 0 Å². The number of aromatic carboxylic acids is 1. The Balaban J connectivity index is 3.28. The second-order valence-corrected chi connectivity index (χ2v) is 3.86. The van der Waals surface area contributed by atoms with E-state index >= 15 is 0 Å². The van der Waals surface area contributed by atoms with E-state index in [0.29, 0.717) is 5.75 Å². The van der Waals surface area contributed by atoms with Crippen molar-refractivity contribution in [2.24, 2.45) is 0 Å². The lowest BCUT2D eigenvalue weighted by Gasteiger charge is -2.14. The summed E-state index contributed by atoms with van der Waals surface area (Å²) in [7, 11) is 1.44. The zero-order chi connectivity index (χ0) is 12.3. The average molecular weight is 245 g/mol. The topological polar surface area (TPSA) is 55.8 Å². The maximum absolute atomic E-state index is 11.0. The maximum atomic E-state index is 11.0. The molecule has 0 aliphatic rings. The fourth-order valence-corrected chi connectivity index (χ4v) is 1.45. The zero-order valence-electron chi connectivity index (χ0n) is 9.28. The summed E-state index contributed by atoms with van der Waals surface area (Å²) in [6, 6.07) is 2.90. The predicted octanol–water partition coefficient (Wildman–Crippen LogP) is 2.83. The first-order valence-electron chi connectivity index (χ1n) is 4.73. The molecular formula is C11H13ClO4. The first-order valence-corrected chi connectivity index (χ1v) is 5.11. The number of carboxylic acids is 1. The van der Waals surface area contributed by atoms with E-state index in [0.717, 1.165) is 0 Å². The molecule has 4 nitrogen and oxygen atoms in total. The van der Waals surface area contributed by atoms with Crippen LogP contribution < -0.4 is 9.47 Å². The molecule has 0 spiro atoms. The van der Waals surface area contributed by atoms with Gasteiger partial charge in [0, 0.05) is 6.07 Å². The van der Waals surface area contributed by atoms with E-state index in [9.17, 15) is 4.79 Å². The lowest BCUT2D eigenvalue weighted by molar-refractivity contribution is 0.0690. The fraction of sp³-hybridized carbons (Fsp3) is 0.364. The monoisotopic (exact) mass is 244 g/mol. The molecule has 1 aromatic rings. The molecule has 0 aliphatic carbocycles. The molecule has 88 valence electrons. The first-order chi connectivity index (χ1) is 7.45. The number of halogens is 1. The molecule has 0 atom stereocenters. The fourth-order valence-electron chi connectivity index (χ4n) is 1.20. The molecule has 0 heterocycles. The zero-order valence-corrected chi connectivity index (χ0v) is 10.0. The summed E-state index contributed by atoms with van der Waals surface area (Å²) < 4.78 is 10.3. The molecule has 0 fully saturated rings. The van der Waals surface area contributed by atoms with Crippen molar-refractivity contribution in [3.8, 4) is 11.5 Å². The highest BCUT2D eigenvalue weighted by molar-refractivity contribution is 6.32. The van der Waals surface area contributed by atoms with E-state index < -0.39 is 5.97 Å². The lowest BCUT2D eigenvalue weighted by atomic mass is 10.2. The minimum absolute atomic E-state index is 0.00181. The Morgan fingerprint density at radius 3 is 2.50 bits per heavy atom. The van der Waals surface area contributed by atoms with Gasteiger partial charge >= 0.3 is 5.97 Å². The lowest BCUT2D eigenvalue weighted by Crippen LogP contribution is -2.10. The molecule has 0 aliphatic heterocycles. The molecule has 0 amide bonds. The van der Waals surface area contributed by atoms with Crippen LogP contribution in [0.15, 0.2) is 12.1 Å². The Hall–Kier alpha value is -1.42. The number of rotatable bonds is 4. The van der Waals surface area contributed by atoms with E-state index in [1.807, 2.05) is 0 Å². The third kappa shape index (κ3) is 2.79. The number of hydrogen-bond donors (Lipinski definition) is 1. The summed E-state index contributed by atoms with van der Waals surface area (Å²) in [5, 5.41) is 9.26. The summed E-state index contributed by atoms with van der Waals surface area (Å²) in [5.41, 5.74) is -0.00181. The maximum Gasteiger partial charge on any atom is 0.339 e. The molecule has 16 heavy (non-hydrogen) atoms. The van der Waals surface area contributed by atoms with Gasteiger partial charge in [-0.15, -0.1) is 0 Å². The quantitative estimate of drug-likeness (QED) is 0.885. The molecule has 0 saturated heterocycles. The summed E-state index contributed by atoms with van der Waals surface area (Å²) in [6.07, 6.45) is -0.149. The smallest absolute Gasteiger partial charge is 0.339 e. The Morgan fingerprint density at radius 1 is 1.44 bits per heavy atom. The predicted molar refractivity (Wildman–Crippen MR) is 60.7 cm³/mol. The van der Waals surface area contributed by atoms with Gasteiger partial charge in [0.05, 0.1) is 18.2 Å². The van der Waals surface area contributed by atoms with Gasteiger partial charge in [0.1, 0.15) is 11.3 Å². The van der Waals surface area contributed by atoms with Crippen molar-refractivity contribution >= 4 is 17.6 Å². The highest BCUT2D eigenvalue weighted by Crippen LogP contribution is 2.34. The highest BCUT2D eigenvalue weighted by Gasteiger charge is 2.18. The van der Waals surface area contributed by atoms with Crippen molar-refractivity contribution < 1.29 is 19.4 Å². The van der Waals surface area contributed by atoms with Crippen LogP contribution in [-0.2, 0) is 0 Å². The third-order valence-corrected chi connectivity index (χ3v) is 2.12. The van der Waals surface area contributed by atoms with Crippen LogP contribution in [0.5, 0.6) is 11.5 Å². The Morgan fingerprint density at radius 2 is 2.06 bits per heavy atom.